The van der Waals surface area contributed by atoms with Crippen LogP contribution in [0.2, 0.25) is 0 Å². The third kappa shape index (κ3) is 7.68. The fraction of sp³-hybridized carbons (Fsp3) is 0.600. The van der Waals surface area contributed by atoms with E-state index in [1.54, 1.807) is 0 Å². The molecule has 11 heavy (non-hydrogen) atoms. The summed E-state index contributed by atoms with van der Waals surface area (Å²) >= 11 is 0. The zero-order valence-electron chi connectivity index (χ0n) is 5.77. The summed E-state index contributed by atoms with van der Waals surface area (Å²) < 4.78 is 22.2. The van der Waals surface area contributed by atoms with Crippen molar-refractivity contribution in [1.29, 1.82) is 0 Å². The lowest BCUT2D eigenvalue weighted by Crippen LogP contribution is -1.87. The fourth-order valence-corrected chi connectivity index (χ4v) is 0.919. The molecule has 0 radical (unpaired) electrons. The maximum Gasteiger partial charge on any atom is 0.325 e. The SMILES string of the molecule is O=P(O)(O)CC/C=C(\F)CO. The van der Waals surface area contributed by atoms with E-state index in [0.717, 1.165) is 6.08 Å². The summed E-state index contributed by atoms with van der Waals surface area (Å²) in [5.41, 5.74) is 0. The van der Waals surface area contributed by atoms with E-state index in [4.69, 9.17) is 14.9 Å². The molecule has 0 saturated carbocycles. The molecule has 0 spiro atoms. The number of allylic oxidation sites excluding steroid dienone is 1. The molecule has 0 aromatic heterocycles. The molecule has 6 heteroatoms. The smallest absolute Gasteiger partial charge is 0.325 e. The van der Waals surface area contributed by atoms with E-state index < -0.39 is 20.0 Å². The average Bonchev–Trinajstić information content (AvgIpc) is 1.85. The molecule has 0 atom stereocenters. The Morgan fingerprint density at radius 3 is 2.45 bits per heavy atom. The second kappa shape index (κ2) is 4.62. The molecule has 0 saturated heterocycles. The summed E-state index contributed by atoms with van der Waals surface area (Å²) in [6.07, 6.45) is 0.510. The van der Waals surface area contributed by atoms with Crippen LogP contribution in [0.3, 0.4) is 0 Å². The second-order valence-electron chi connectivity index (χ2n) is 1.99. The monoisotopic (exact) mass is 184 g/mol. The normalized spacial score (nSPS) is 13.6. The second-order valence-corrected chi connectivity index (χ2v) is 3.76. The van der Waals surface area contributed by atoms with Crippen LogP contribution in [-0.2, 0) is 4.57 Å². The van der Waals surface area contributed by atoms with Crippen molar-refractivity contribution >= 4 is 7.60 Å². The van der Waals surface area contributed by atoms with Crippen molar-refractivity contribution in [3.8, 4) is 0 Å². The van der Waals surface area contributed by atoms with Gasteiger partial charge in [-0.3, -0.25) is 4.57 Å². The molecule has 0 aliphatic rings. The molecule has 0 aromatic rings. The molecular formula is C5H10FO4P. The Morgan fingerprint density at radius 2 is 2.09 bits per heavy atom. The predicted octanol–water partition coefficient (Wildman–Crippen LogP) is 0.400. The van der Waals surface area contributed by atoms with Gasteiger partial charge in [0.1, 0.15) is 5.83 Å². The summed E-state index contributed by atoms with van der Waals surface area (Å²) in [5, 5.41) is 8.13. The summed E-state index contributed by atoms with van der Waals surface area (Å²) in [6.45, 7) is -0.721. The molecule has 0 aromatic carbocycles. The van der Waals surface area contributed by atoms with E-state index in [0.29, 0.717) is 0 Å². The zero-order valence-corrected chi connectivity index (χ0v) is 6.67. The van der Waals surface area contributed by atoms with Crippen LogP contribution in [0.1, 0.15) is 6.42 Å². The molecule has 0 aliphatic heterocycles. The maximum atomic E-state index is 12.1. The van der Waals surface area contributed by atoms with Gasteiger partial charge in [-0.25, -0.2) is 4.39 Å². The minimum atomic E-state index is -4.03. The lowest BCUT2D eigenvalue weighted by molar-refractivity contribution is 0.297. The molecule has 0 bridgehead atoms. The van der Waals surface area contributed by atoms with Crippen LogP contribution in [0.4, 0.5) is 4.39 Å². The van der Waals surface area contributed by atoms with E-state index in [2.05, 4.69) is 0 Å². The van der Waals surface area contributed by atoms with Crippen molar-refractivity contribution < 1.29 is 23.8 Å². The summed E-state index contributed by atoms with van der Waals surface area (Å²) in [5.74, 6) is -0.765. The molecule has 0 fully saturated rings. The van der Waals surface area contributed by atoms with E-state index in [9.17, 15) is 8.96 Å². The largest absolute Gasteiger partial charge is 0.389 e. The Bertz CT molecular complexity index is 185. The molecule has 0 aliphatic carbocycles. The number of aliphatic hydroxyl groups is 1. The van der Waals surface area contributed by atoms with E-state index in [-0.39, 0.29) is 12.6 Å². The third-order valence-corrected chi connectivity index (χ3v) is 1.78. The Morgan fingerprint density at radius 1 is 1.55 bits per heavy atom. The molecule has 66 valence electrons. The highest BCUT2D eigenvalue weighted by Crippen LogP contribution is 2.34. The summed E-state index contributed by atoms with van der Waals surface area (Å²) in [7, 11) is -4.03. The minimum Gasteiger partial charge on any atom is -0.389 e. The van der Waals surface area contributed by atoms with Gasteiger partial charge in [0.05, 0.1) is 12.8 Å². The van der Waals surface area contributed by atoms with Crippen LogP contribution in [0.25, 0.3) is 0 Å². The van der Waals surface area contributed by atoms with Gasteiger partial charge >= 0.3 is 7.60 Å². The average molecular weight is 184 g/mol. The Hall–Kier alpha value is -0.220. The molecule has 0 rings (SSSR count). The van der Waals surface area contributed by atoms with Gasteiger partial charge < -0.3 is 14.9 Å². The van der Waals surface area contributed by atoms with Crippen LogP contribution < -0.4 is 0 Å². The molecule has 0 amide bonds. The lowest BCUT2D eigenvalue weighted by Gasteiger charge is -1.98. The van der Waals surface area contributed by atoms with Crippen molar-refractivity contribution in [2.45, 2.75) is 6.42 Å². The van der Waals surface area contributed by atoms with Gasteiger partial charge in [-0.2, -0.15) is 0 Å². The Kier molecular flexibility index (Phi) is 4.52. The van der Waals surface area contributed by atoms with Gasteiger partial charge in [-0.15, -0.1) is 0 Å². The van der Waals surface area contributed by atoms with E-state index in [1.165, 1.54) is 0 Å². The van der Waals surface area contributed by atoms with Gasteiger partial charge in [-0.1, -0.05) is 0 Å². The van der Waals surface area contributed by atoms with Crippen molar-refractivity contribution in [3.63, 3.8) is 0 Å². The number of hydrogen-bond donors (Lipinski definition) is 3. The van der Waals surface area contributed by atoms with Crippen LogP contribution in [0, 0.1) is 0 Å². The lowest BCUT2D eigenvalue weighted by atomic mass is 10.4. The first-order valence-electron chi connectivity index (χ1n) is 2.95. The number of rotatable bonds is 4. The highest BCUT2D eigenvalue weighted by Gasteiger charge is 2.10. The quantitative estimate of drug-likeness (QED) is 0.552. The van der Waals surface area contributed by atoms with Crippen LogP contribution in [0.5, 0.6) is 0 Å². The summed E-state index contributed by atoms with van der Waals surface area (Å²) in [6, 6.07) is 0. The molecule has 0 unspecified atom stereocenters. The van der Waals surface area contributed by atoms with E-state index in [1.807, 2.05) is 0 Å². The van der Waals surface area contributed by atoms with Crippen molar-refractivity contribution in [2.75, 3.05) is 12.8 Å². The van der Waals surface area contributed by atoms with Crippen LogP contribution in [-0.4, -0.2) is 27.7 Å². The number of halogens is 1. The first-order valence-corrected chi connectivity index (χ1v) is 4.75. The molecular weight excluding hydrogens is 174 g/mol. The van der Waals surface area contributed by atoms with Crippen LogP contribution >= 0.6 is 7.60 Å². The summed E-state index contributed by atoms with van der Waals surface area (Å²) in [4.78, 5) is 16.6. The Labute approximate surface area is 63.5 Å². The first-order chi connectivity index (χ1) is 4.95. The molecule has 4 nitrogen and oxygen atoms in total. The zero-order chi connectivity index (χ0) is 8.91. The van der Waals surface area contributed by atoms with Gasteiger partial charge in [0.2, 0.25) is 0 Å². The molecule has 0 heterocycles. The van der Waals surface area contributed by atoms with E-state index >= 15 is 0 Å². The fourth-order valence-electron chi connectivity index (χ4n) is 0.454. The highest BCUT2D eigenvalue weighted by atomic mass is 31.2. The first kappa shape index (κ1) is 10.8. The van der Waals surface area contributed by atoms with Gasteiger partial charge in [-0.05, 0) is 12.5 Å². The van der Waals surface area contributed by atoms with Crippen molar-refractivity contribution in [3.05, 3.63) is 11.9 Å². The minimum absolute atomic E-state index is 0.0589. The number of hydrogen-bond acceptors (Lipinski definition) is 2. The highest BCUT2D eigenvalue weighted by molar-refractivity contribution is 7.51. The number of aliphatic hydroxyl groups excluding tert-OH is 1. The topological polar surface area (TPSA) is 77.8 Å². The van der Waals surface area contributed by atoms with Crippen LogP contribution in [0.15, 0.2) is 11.9 Å². The van der Waals surface area contributed by atoms with Gasteiger partial charge in [0.25, 0.3) is 0 Å². The molecule has 3 N–H and O–H groups in total. The Balaban J connectivity index is 3.66. The van der Waals surface area contributed by atoms with Crippen molar-refractivity contribution in [1.82, 2.24) is 0 Å². The standard InChI is InChI=1S/C5H10FO4P/c6-5(4-7)2-1-3-11(8,9)10/h2,7H,1,3-4H2,(H2,8,9,10)/b5-2-. The van der Waals surface area contributed by atoms with Gasteiger partial charge in [0.15, 0.2) is 0 Å². The predicted molar refractivity (Wildman–Crippen MR) is 37.8 cm³/mol. The maximum absolute atomic E-state index is 12.1. The van der Waals surface area contributed by atoms with Gasteiger partial charge in [0, 0.05) is 0 Å². The van der Waals surface area contributed by atoms with Crippen molar-refractivity contribution in [2.24, 2.45) is 0 Å². The third-order valence-electron chi connectivity index (χ3n) is 0.937.